The summed E-state index contributed by atoms with van der Waals surface area (Å²) < 4.78 is 0. The molecule has 0 bridgehead atoms. The first-order valence-electron chi connectivity index (χ1n) is 12.5. The maximum absolute atomic E-state index is 4.84. The summed E-state index contributed by atoms with van der Waals surface area (Å²) in [6, 6.07) is 33.9. The van der Waals surface area contributed by atoms with Crippen LogP contribution in [-0.2, 0) is 0 Å². The highest BCUT2D eigenvalue weighted by Gasteiger charge is 2.09. The Bertz CT molecular complexity index is 1740. The number of pyridine rings is 4. The van der Waals surface area contributed by atoms with Crippen LogP contribution in [0.4, 0.5) is 0 Å². The van der Waals surface area contributed by atoms with Gasteiger partial charge >= 0.3 is 0 Å². The van der Waals surface area contributed by atoms with E-state index in [2.05, 4.69) is 82.8 Å². The van der Waals surface area contributed by atoms with Crippen molar-refractivity contribution in [2.45, 2.75) is 0 Å². The van der Waals surface area contributed by atoms with Crippen LogP contribution in [0.1, 0.15) is 0 Å². The average Bonchev–Trinajstić information content (AvgIpc) is 3.01. The first kappa shape index (κ1) is 22.0. The Hall–Kier alpha value is -5.22. The summed E-state index contributed by atoms with van der Waals surface area (Å²) in [5.41, 5.74) is 10.9. The SMILES string of the molecule is c1cc(-c2ccc(-c3cnc4c(ccc5cc(-c6ccc(-c7ccncc7)cc6)cnc54)c3)cc2)ccn1. The Labute approximate surface area is 220 Å². The molecular weight excluding hydrogens is 464 g/mol. The minimum absolute atomic E-state index is 0.916. The van der Waals surface area contributed by atoms with Crippen molar-refractivity contribution in [1.82, 2.24) is 19.9 Å². The molecule has 0 amide bonds. The largest absolute Gasteiger partial charge is 0.265 e. The summed E-state index contributed by atoms with van der Waals surface area (Å²) in [6.07, 6.45) is 11.2. The summed E-state index contributed by atoms with van der Waals surface area (Å²) >= 11 is 0. The quantitative estimate of drug-likeness (QED) is 0.235. The summed E-state index contributed by atoms with van der Waals surface area (Å²) in [5, 5.41) is 2.16. The van der Waals surface area contributed by atoms with Crippen molar-refractivity contribution in [3.05, 3.63) is 134 Å². The fraction of sp³-hybridized carbons (Fsp3) is 0. The van der Waals surface area contributed by atoms with Crippen molar-refractivity contribution >= 4 is 21.8 Å². The van der Waals surface area contributed by atoms with Gasteiger partial charge in [0.1, 0.15) is 0 Å². The van der Waals surface area contributed by atoms with Crippen LogP contribution in [0.2, 0.25) is 0 Å². The van der Waals surface area contributed by atoms with Gasteiger partial charge < -0.3 is 0 Å². The van der Waals surface area contributed by atoms with E-state index in [0.29, 0.717) is 0 Å². The molecule has 7 aromatic rings. The summed E-state index contributed by atoms with van der Waals surface area (Å²) in [4.78, 5) is 17.9. The predicted octanol–water partition coefficient (Wildman–Crippen LogP) is 8.24. The van der Waals surface area contributed by atoms with Gasteiger partial charge in [-0.3, -0.25) is 19.9 Å². The second-order valence-corrected chi connectivity index (χ2v) is 9.28. The topological polar surface area (TPSA) is 51.6 Å². The van der Waals surface area contributed by atoms with E-state index in [9.17, 15) is 0 Å². The molecule has 4 heteroatoms. The molecule has 0 fully saturated rings. The van der Waals surface area contributed by atoms with Crippen LogP contribution in [0.3, 0.4) is 0 Å². The number of fused-ring (bicyclic) bond motifs is 3. The number of hydrogen-bond acceptors (Lipinski definition) is 4. The number of nitrogens with zero attached hydrogens (tertiary/aromatic N) is 4. The Morgan fingerprint density at radius 3 is 1.00 bits per heavy atom. The molecule has 0 saturated carbocycles. The molecule has 0 unspecified atom stereocenters. The normalized spacial score (nSPS) is 11.2. The highest BCUT2D eigenvalue weighted by atomic mass is 14.7. The molecule has 7 rings (SSSR count). The van der Waals surface area contributed by atoms with Gasteiger partial charge in [0.05, 0.1) is 11.0 Å². The second-order valence-electron chi connectivity index (χ2n) is 9.28. The van der Waals surface area contributed by atoms with Crippen LogP contribution in [0.15, 0.2) is 134 Å². The first-order valence-corrected chi connectivity index (χ1v) is 12.5. The summed E-state index contributed by atoms with van der Waals surface area (Å²) in [5.74, 6) is 0. The van der Waals surface area contributed by atoms with E-state index in [-0.39, 0.29) is 0 Å². The zero-order chi connectivity index (χ0) is 25.3. The van der Waals surface area contributed by atoms with Crippen molar-refractivity contribution in [3.8, 4) is 44.5 Å². The maximum Gasteiger partial charge on any atom is 0.0965 e. The number of hydrogen-bond donors (Lipinski definition) is 0. The Morgan fingerprint density at radius 2 is 0.632 bits per heavy atom. The van der Waals surface area contributed by atoms with Gasteiger partial charge in [-0.2, -0.15) is 0 Å². The number of benzene rings is 3. The van der Waals surface area contributed by atoms with Crippen molar-refractivity contribution in [2.75, 3.05) is 0 Å². The molecule has 0 spiro atoms. The zero-order valence-corrected chi connectivity index (χ0v) is 20.5. The second kappa shape index (κ2) is 9.34. The lowest BCUT2D eigenvalue weighted by atomic mass is 9.99. The van der Waals surface area contributed by atoms with Gasteiger partial charge in [-0.1, -0.05) is 60.7 Å². The van der Waals surface area contributed by atoms with E-state index in [1.807, 2.05) is 61.4 Å². The predicted molar refractivity (Wildman–Crippen MR) is 154 cm³/mol. The Morgan fingerprint density at radius 1 is 0.316 bits per heavy atom. The Kier molecular flexibility index (Phi) is 5.41. The third-order valence-corrected chi connectivity index (χ3v) is 6.96. The standard InChI is InChI=1S/C34H22N4/c1-5-25(6-2-23(1)27-11-15-35-16-12-27)31-19-29-9-10-30-20-32(22-38-34(30)33(29)37-21-31)26-7-3-24(4-8-26)28-13-17-36-18-14-28/h1-22H. The molecule has 178 valence electrons. The van der Waals surface area contributed by atoms with Crippen molar-refractivity contribution in [1.29, 1.82) is 0 Å². The minimum atomic E-state index is 0.916. The lowest BCUT2D eigenvalue weighted by Gasteiger charge is -2.09. The van der Waals surface area contributed by atoms with Crippen LogP contribution in [0, 0.1) is 0 Å². The molecule has 0 aliphatic heterocycles. The van der Waals surface area contributed by atoms with Crippen molar-refractivity contribution in [2.24, 2.45) is 0 Å². The highest BCUT2D eigenvalue weighted by molar-refractivity contribution is 6.04. The van der Waals surface area contributed by atoms with E-state index in [4.69, 9.17) is 9.97 Å². The van der Waals surface area contributed by atoms with Crippen LogP contribution in [0.5, 0.6) is 0 Å². The van der Waals surface area contributed by atoms with Gasteiger partial charge in [0.25, 0.3) is 0 Å². The van der Waals surface area contributed by atoms with Crippen LogP contribution >= 0.6 is 0 Å². The number of rotatable bonds is 4. The minimum Gasteiger partial charge on any atom is -0.265 e. The zero-order valence-electron chi connectivity index (χ0n) is 20.5. The van der Waals surface area contributed by atoms with Gasteiger partial charge in [0.15, 0.2) is 0 Å². The van der Waals surface area contributed by atoms with E-state index >= 15 is 0 Å². The van der Waals surface area contributed by atoms with E-state index < -0.39 is 0 Å². The molecule has 3 aromatic carbocycles. The lowest BCUT2D eigenvalue weighted by Crippen LogP contribution is -1.89. The van der Waals surface area contributed by atoms with Crippen LogP contribution in [0.25, 0.3) is 66.3 Å². The summed E-state index contributed by atoms with van der Waals surface area (Å²) in [6.45, 7) is 0. The van der Waals surface area contributed by atoms with Gasteiger partial charge in [-0.25, -0.2) is 0 Å². The molecule has 0 atom stereocenters. The van der Waals surface area contributed by atoms with Gasteiger partial charge in [0.2, 0.25) is 0 Å². The first-order chi connectivity index (χ1) is 18.8. The molecule has 4 nitrogen and oxygen atoms in total. The highest BCUT2D eigenvalue weighted by Crippen LogP contribution is 2.31. The lowest BCUT2D eigenvalue weighted by molar-refractivity contribution is 1.33. The van der Waals surface area contributed by atoms with Crippen molar-refractivity contribution < 1.29 is 0 Å². The third kappa shape index (κ3) is 4.08. The molecule has 0 aliphatic carbocycles. The van der Waals surface area contributed by atoms with Gasteiger partial charge in [0, 0.05) is 59.1 Å². The van der Waals surface area contributed by atoms with E-state index in [1.54, 1.807) is 0 Å². The third-order valence-electron chi connectivity index (χ3n) is 6.96. The molecule has 4 aromatic heterocycles. The molecule has 38 heavy (non-hydrogen) atoms. The van der Waals surface area contributed by atoms with Crippen LogP contribution in [-0.4, -0.2) is 19.9 Å². The average molecular weight is 487 g/mol. The summed E-state index contributed by atoms with van der Waals surface area (Å²) in [7, 11) is 0. The molecule has 0 aliphatic rings. The fourth-order valence-corrected chi connectivity index (χ4v) is 4.91. The van der Waals surface area contributed by atoms with E-state index in [0.717, 1.165) is 55.2 Å². The van der Waals surface area contributed by atoms with E-state index in [1.165, 1.54) is 11.1 Å². The van der Waals surface area contributed by atoms with Crippen molar-refractivity contribution in [3.63, 3.8) is 0 Å². The Balaban J connectivity index is 1.19. The monoisotopic (exact) mass is 486 g/mol. The smallest absolute Gasteiger partial charge is 0.0965 e. The van der Waals surface area contributed by atoms with Gasteiger partial charge in [-0.15, -0.1) is 0 Å². The molecule has 0 radical (unpaired) electrons. The molecule has 4 heterocycles. The van der Waals surface area contributed by atoms with Gasteiger partial charge in [-0.05, 0) is 69.8 Å². The number of aromatic nitrogens is 4. The molecule has 0 saturated heterocycles. The molecule has 0 N–H and O–H groups in total. The van der Waals surface area contributed by atoms with Crippen LogP contribution < -0.4 is 0 Å². The maximum atomic E-state index is 4.84. The fourth-order valence-electron chi connectivity index (χ4n) is 4.91. The molecular formula is C34H22N4.